The molecule has 1 rings (SSSR count). The third-order valence-electron chi connectivity index (χ3n) is 2.20. The molecular formula is C11H20N2OS2. The maximum absolute atomic E-state index is 5.05. The van der Waals surface area contributed by atoms with Gasteiger partial charge in [0, 0.05) is 25.2 Å². The van der Waals surface area contributed by atoms with Crippen molar-refractivity contribution in [3.05, 3.63) is 16.6 Å². The molecule has 16 heavy (non-hydrogen) atoms. The number of aromatic nitrogens is 1. The highest BCUT2D eigenvalue weighted by molar-refractivity contribution is 7.99. The van der Waals surface area contributed by atoms with Gasteiger partial charge in [-0.2, -0.15) is 11.8 Å². The van der Waals surface area contributed by atoms with Crippen LogP contribution in [-0.2, 0) is 4.74 Å². The third-order valence-corrected chi connectivity index (χ3v) is 4.02. The van der Waals surface area contributed by atoms with Gasteiger partial charge in [0.2, 0.25) is 0 Å². The van der Waals surface area contributed by atoms with Gasteiger partial charge in [0.25, 0.3) is 0 Å². The Kier molecular flexibility index (Phi) is 7.84. The number of rotatable bonds is 9. The van der Waals surface area contributed by atoms with E-state index in [9.17, 15) is 0 Å². The molecule has 0 aliphatic carbocycles. The van der Waals surface area contributed by atoms with Crippen molar-refractivity contribution in [2.24, 2.45) is 0 Å². The summed E-state index contributed by atoms with van der Waals surface area (Å²) in [6.07, 6.45) is 3.01. The van der Waals surface area contributed by atoms with Gasteiger partial charge in [0.15, 0.2) is 0 Å². The van der Waals surface area contributed by atoms with Gasteiger partial charge in [0.05, 0.1) is 12.6 Å². The predicted octanol–water partition coefficient (Wildman–Crippen LogP) is 2.56. The van der Waals surface area contributed by atoms with Crippen molar-refractivity contribution in [2.75, 3.05) is 31.8 Å². The Morgan fingerprint density at radius 2 is 2.50 bits per heavy atom. The fraction of sp³-hybridized carbons (Fsp3) is 0.727. The van der Waals surface area contributed by atoms with E-state index in [2.05, 4.69) is 17.2 Å². The number of hydrogen-bond acceptors (Lipinski definition) is 5. The molecule has 0 bridgehead atoms. The van der Waals surface area contributed by atoms with Crippen LogP contribution in [-0.4, -0.2) is 36.8 Å². The SMILES string of the molecule is CCSCCC(NCCOC)c1nccs1. The normalized spacial score (nSPS) is 12.9. The Labute approximate surface area is 106 Å². The lowest BCUT2D eigenvalue weighted by Gasteiger charge is -2.15. The van der Waals surface area contributed by atoms with Gasteiger partial charge in [-0.3, -0.25) is 0 Å². The minimum Gasteiger partial charge on any atom is -0.383 e. The largest absolute Gasteiger partial charge is 0.383 e. The van der Waals surface area contributed by atoms with Crippen LogP contribution >= 0.6 is 23.1 Å². The highest BCUT2D eigenvalue weighted by Gasteiger charge is 2.12. The van der Waals surface area contributed by atoms with E-state index in [1.165, 1.54) is 16.5 Å². The molecule has 0 saturated heterocycles. The molecule has 0 saturated carbocycles. The first-order chi connectivity index (χ1) is 7.88. The van der Waals surface area contributed by atoms with Crippen molar-refractivity contribution in [1.82, 2.24) is 10.3 Å². The predicted molar refractivity (Wildman–Crippen MR) is 72.3 cm³/mol. The molecule has 1 atom stereocenters. The van der Waals surface area contributed by atoms with E-state index >= 15 is 0 Å². The number of nitrogens with zero attached hydrogens (tertiary/aromatic N) is 1. The maximum atomic E-state index is 5.05. The molecule has 1 aromatic heterocycles. The molecule has 0 aliphatic heterocycles. The molecule has 5 heteroatoms. The summed E-state index contributed by atoms with van der Waals surface area (Å²) in [5, 5.41) is 6.71. The standard InChI is InChI=1S/C11H20N2OS2/c1-3-15-8-4-10(12-5-7-14-2)11-13-6-9-16-11/h6,9-10,12H,3-5,7-8H2,1-2H3. The second kappa shape index (κ2) is 8.98. The Balaban J connectivity index is 2.36. The zero-order valence-corrected chi connectivity index (χ0v) is 11.6. The third kappa shape index (κ3) is 5.30. The second-order valence-electron chi connectivity index (χ2n) is 3.36. The van der Waals surface area contributed by atoms with Crippen LogP contribution in [0.25, 0.3) is 0 Å². The Bertz CT molecular complexity index is 244. The van der Waals surface area contributed by atoms with E-state index in [0.717, 1.165) is 19.6 Å². The summed E-state index contributed by atoms with van der Waals surface area (Å²) >= 11 is 3.70. The van der Waals surface area contributed by atoms with Gasteiger partial charge in [-0.05, 0) is 17.9 Å². The van der Waals surface area contributed by atoms with Crippen LogP contribution in [0.1, 0.15) is 24.4 Å². The molecule has 0 amide bonds. The Morgan fingerprint density at radius 3 is 3.12 bits per heavy atom. The molecule has 0 radical (unpaired) electrons. The van der Waals surface area contributed by atoms with Gasteiger partial charge in [0.1, 0.15) is 5.01 Å². The van der Waals surface area contributed by atoms with E-state index in [1.54, 1.807) is 18.4 Å². The highest BCUT2D eigenvalue weighted by atomic mass is 32.2. The minimum atomic E-state index is 0.384. The number of nitrogens with one attached hydrogen (secondary N) is 1. The fourth-order valence-electron chi connectivity index (χ4n) is 1.40. The van der Waals surface area contributed by atoms with Gasteiger partial charge in [-0.1, -0.05) is 6.92 Å². The summed E-state index contributed by atoms with van der Waals surface area (Å²) in [5.74, 6) is 2.36. The quantitative estimate of drug-likeness (QED) is 0.692. The number of thioether (sulfide) groups is 1. The van der Waals surface area contributed by atoms with E-state index in [0.29, 0.717) is 6.04 Å². The van der Waals surface area contributed by atoms with Crippen molar-refractivity contribution in [2.45, 2.75) is 19.4 Å². The number of hydrogen-bond donors (Lipinski definition) is 1. The fourth-order valence-corrected chi connectivity index (χ4v) is 2.84. The van der Waals surface area contributed by atoms with E-state index in [4.69, 9.17) is 4.74 Å². The lowest BCUT2D eigenvalue weighted by Crippen LogP contribution is -2.25. The zero-order valence-electron chi connectivity index (χ0n) is 9.94. The number of methoxy groups -OCH3 is 1. The minimum absolute atomic E-state index is 0.384. The summed E-state index contributed by atoms with van der Waals surface area (Å²) < 4.78 is 5.05. The molecule has 1 unspecified atom stereocenters. The summed E-state index contributed by atoms with van der Waals surface area (Å²) in [5.41, 5.74) is 0. The number of ether oxygens (including phenoxy) is 1. The molecule has 1 heterocycles. The van der Waals surface area contributed by atoms with Gasteiger partial charge < -0.3 is 10.1 Å². The molecule has 0 spiro atoms. The van der Waals surface area contributed by atoms with Crippen LogP contribution in [0, 0.1) is 0 Å². The van der Waals surface area contributed by atoms with Crippen LogP contribution in [0.4, 0.5) is 0 Å². The average molecular weight is 260 g/mol. The topological polar surface area (TPSA) is 34.1 Å². The lowest BCUT2D eigenvalue weighted by atomic mass is 10.2. The molecule has 0 aliphatic rings. The monoisotopic (exact) mass is 260 g/mol. The van der Waals surface area contributed by atoms with Crippen LogP contribution in [0.5, 0.6) is 0 Å². The first-order valence-corrected chi connectivity index (χ1v) is 7.61. The summed E-state index contributed by atoms with van der Waals surface area (Å²) in [6.45, 7) is 3.84. The molecular weight excluding hydrogens is 240 g/mol. The van der Waals surface area contributed by atoms with Crippen LogP contribution in [0.3, 0.4) is 0 Å². The summed E-state index contributed by atoms with van der Waals surface area (Å²) in [4.78, 5) is 4.38. The summed E-state index contributed by atoms with van der Waals surface area (Å²) in [6, 6.07) is 0.384. The van der Waals surface area contributed by atoms with Gasteiger partial charge in [-0.15, -0.1) is 11.3 Å². The summed E-state index contributed by atoms with van der Waals surface area (Å²) in [7, 11) is 1.73. The average Bonchev–Trinajstić information content (AvgIpc) is 2.81. The molecule has 3 nitrogen and oxygen atoms in total. The van der Waals surface area contributed by atoms with E-state index < -0.39 is 0 Å². The Morgan fingerprint density at radius 1 is 1.62 bits per heavy atom. The lowest BCUT2D eigenvalue weighted by molar-refractivity contribution is 0.195. The zero-order chi connectivity index (χ0) is 11.6. The van der Waals surface area contributed by atoms with Crippen molar-refractivity contribution in [3.8, 4) is 0 Å². The highest BCUT2D eigenvalue weighted by Crippen LogP contribution is 2.20. The van der Waals surface area contributed by atoms with Crippen molar-refractivity contribution in [3.63, 3.8) is 0 Å². The van der Waals surface area contributed by atoms with Crippen molar-refractivity contribution < 1.29 is 4.74 Å². The molecule has 1 N–H and O–H groups in total. The first kappa shape index (κ1) is 14.0. The molecule has 92 valence electrons. The van der Waals surface area contributed by atoms with Crippen molar-refractivity contribution >= 4 is 23.1 Å². The van der Waals surface area contributed by atoms with Crippen molar-refractivity contribution in [1.29, 1.82) is 0 Å². The maximum Gasteiger partial charge on any atom is 0.110 e. The first-order valence-electron chi connectivity index (χ1n) is 5.58. The van der Waals surface area contributed by atoms with E-state index in [-0.39, 0.29) is 0 Å². The second-order valence-corrected chi connectivity index (χ2v) is 5.68. The number of thiazole rings is 1. The van der Waals surface area contributed by atoms with E-state index in [1.807, 2.05) is 23.3 Å². The van der Waals surface area contributed by atoms with Gasteiger partial charge >= 0.3 is 0 Å². The molecule has 1 aromatic rings. The van der Waals surface area contributed by atoms with Gasteiger partial charge in [-0.25, -0.2) is 4.98 Å². The molecule has 0 aromatic carbocycles. The smallest absolute Gasteiger partial charge is 0.110 e. The van der Waals surface area contributed by atoms with Crippen LogP contribution in [0.15, 0.2) is 11.6 Å². The van der Waals surface area contributed by atoms with Crippen LogP contribution in [0.2, 0.25) is 0 Å². The molecule has 0 fully saturated rings. The Hall–Kier alpha value is -0.100. The van der Waals surface area contributed by atoms with Crippen LogP contribution < -0.4 is 5.32 Å².